The number of rotatable bonds is 5. The highest BCUT2D eigenvalue weighted by atomic mass is 35.5. The summed E-state index contributed by atoms with van der Waals surface area (Å²) in [5.41, 5.74) is 0. The van der Waals surface area contributed by atoms with Gasteiger partial charge in [0.1, 0.15) is 10.6 Å². The lowest BCUT2D eigenvalue weighted by atomic mass is 10.3. The van der Waals surface area contributed by atoms with E-state index in [9.17, 15) is 9.59 Å². The van der Waals surface area contributed by atoms with Crippen molar-refractivity contribution in [1.29, 1.82) is 0 Å². The van der Waals surface area contributed by atoms with Gasteiger partial charge in [-0.15, -0.1) is 0 Å². The van der Waals surface area contributed by atoms with Crippen molar-refractivity contribution in [2.24, 2.45) is 0 Å². The molecule has 0 aliphatic rings. The number of methoxy groups -OCH3 is 1. The van der Waals surface area contributed by atoms with Crippen molar-refractivity contribution in [3.05, 3.63) is 40.4 Å². The SMILES string of the molecule is COC(=O)c1cnc(NC(=O)[C@H](C)Oc2cccc(Cl)c2)s1. The molecule has 0 radical (unpaired) electrons. The number of halogens is 1. The van der Waals surface area contributed by atoms with E-state index in [1.165, 1.54) is 13.3 Å². The van der Waals surface area contributed by atoms with Gasteiger partial charge >= 0.3 is 5.97 Å². The fourth-order valence-electron chi connectivity index (χ4n) is 1.53. The lowest BCUT2D eigenvalue weighted by molar-refractivity contribution is -0.122. The Kier molecular flexibility index (Phi) is 5.35. The van der Waals surface area contributed by atoms with Crippen LogP contribution in [0.1, 0.15) is 16.6 Å². The minimum absolute atomic E-state index is 0.298. The van der Waals surface area contributed by atoms with Gasteiger partial charge in [-0.3, -0.25) is 10.1 Å². The smallest absolute Gasteiger partial charge is 0.349 e. The quantitative estimate of drug-likeness (QED) is 0.847. The van der Waals surface area contributed by atoms with Crippen LogP contribution in [0.3, 0.4) is 0 Å². The highest BCUT2D eigenvalue weighted by Crippen LogP contribution is 2.21. The lowest BCUT2D eigenvalue weighted by Gasteiger charge is -2.13. The minimum atomic E-state index is -0.746. The number of anilines is 1. The van der Waals surface area contributed by atoms with Gasteiger partial charge in [-0.1, -0.05) is 29.0 Å². The number of nitrogens with zero attached hydrogens (tertiary/aromatic N) is 1. The van der Waals surface area contributed by atoms with E-state index in [2.05, 4.69) is 15.0 Å². The monoisotopic (exact) mass is 340 g/mol. The van der Waals surface area contributed by atoms with Crippen molar-refractivity contribution < 1.29 is 19.1 Å². The third-order valence-corrected chi connectivity index (χ3v) is 3.73. The number of carbonyl (C=O) groups is 2. The number of benzene rings is 1. The van der Waals surface area contributed by atoms with E-state index < -0.39 is 12.1 Å². The normalized spacial score (nSPS) is 11.6. The van der Waals surface area contributed by atoms with Crippen LogP contribution < -0.4 is 10.1 Å². The van der Waals surface area contributed by atoms with E-state index in [4.69, 9.17) is 16.3 Å². The maximum atomic E-state index is 12.0. The number of esters is 1. The fraction of sp³-hybridized carbons (Fsp3) is 0.214. The van der Waals surface area contributed by atoms with Gasteiger partial charge in [-0.25, -0.2) is 9.78 Å². The lowest BCUT2D eigenvalue weighted by Crippen LogP contribution is -2.30. The molecule has 22 heavy (non-hydrogen) atoms. The molecular formula is C14H13ClN2O4S. The molecule has 0 bridgehead atoms. The Balaban J connectivity index is 1.96. The Labute approximate surface area is 136 Å². The van der Waals surface area contributed by atoms with Gasteiger partial charge in [0.2, 0.25) is 0 Å². The molecule has 116 valence electrons. The summed E-state index contributed by atoms with van der Waals surface area (Å²) in [4.78, 5) is 27.6. The molecule has 6 nitrogen and oxygen atoms in total. The van der Waals surface area contributed by atoms with E-state index >= 15 is 0 Å². The number of hydrogen-bond acceptors (Lipinski definition) is 6. The number of thiazole rings is 1. The largest absolute Gasteiger partial charge is 0.481 e. The second-order valence-electron chi connectivity index (χ2n) is 4.23. The van der Waals surface area contributed by atoms with Crippen LogP contribution in [-0.4, -0.2) is 30.1 Å². The Morgan fingerprint density at radius 2 is 2.18 bits per heavy atom. The third kappa shape index (κ3) is 4.19. The Hall–Kier alpha value is -2.12. The van der Waals surface area contributed by atoms with E-state index in [-0.39, 0.29) is 5.91 Å². The van der Waals surface area contributed by atoms with Gasteiger partial charge in [0.05, 0.1) is 13.3 Å². The molecule has 0 aliphatic heterocycles. The van der Waals surface area contributed by atoms with Gasteiger partial charge in [0.25, 0.3) is 5.91 Å². The van der Waals surface area contributed by atoms with Crippen LogP contribution in [0, 0.1) is 0 Å². The first kappa shape index (κ1) is 16.3. The standard InChI is InChI=1S/C14H13ClN2O4S/c1-8(21-10-5-3-4-9(15)6-10)12(18)17-14-16-7-11(22-14)13(19)20-2/h3-8H,1-2H3,(H,16,17,18)/t8-/m0/s1. The van der Waals surface area contributed by atoms with Crippen LogP contribution in [0.15, 0.2) is 30.5 Å². The maximum absolute atomic E-state index is 12.0. The molecule has 0 aliphatic carbocycles. The molecule has 1 heterocycles. The summed E-state index contributed by atoms with van der Waals surface area (Å²) in [6.45, 7) is 1.60. The van der Waals surface area contributed by atoms with Crippen molar-refractivity contribution in [3.63, 3.8) is 0 Å². The van der Waals surface area contributed by atoms with Crippen molar-refractivity contribution in [2.45, 2.75) is 13.0 Å². The molecule has 8 heteroatoms. The molecule has 1 amide bonds. The number of amides is 1. The van der Waals surface area contributed by atoms with Crippen LogP contribution in [-0.2, 0) is 9.53 Å². The third-order valence-electron chi connectivity index (χ3n) is 2.60. The number of ether oxygens (including phenoxy) is 2. The molecule has 1 N–H and O–H groups in total. The summed E-state index contributed by atoms with van der Waals surface area (Å²) in [6, 6.07) is 6.76. The van der Waals surface area contributed by atoms with Crippen molar-refractivity contribution in [3.8, 4) is 5.75 Å². The highest BCUT2D eigenvalue weighted by molar-refractivity contribution is 7.17. The summed E-state index contributed by atoms with van der Waals surface area (Å²) >= 11 is 6.88. The molecule has 0 saturated heterocycles. The molecule has 0 saturated carbocycles. The second-order valence-corrected chi connectivity index (χ2v) is 5.70. The predicted octanol–water partition coefficient (Wildman–Crippen LogP) is 2.99. The van der Waals surface area contributed by atoms with Gasteiger partial charge < -0.3 is 9.47 Å². The average Bonchev–Trinajstić information content (AvgIpc) is 2.95. The van der Waals surface area contributed by atoms with E-state index in [1.807, 2.05) is 0 Å². The van der Waals surface area contributed by atoms with Crippen molar-refractivity contribution in [2.75, 3.05) is 12.4 Å². The number of aromatic nitrogens is 1. The zero-order chi connectivity index (χ0) is 16.1. The molecule has 1 aromatic carbocycles. The minimum Gasteiger partial charge on any atom is -0.481 e. The summed E-state index contributed by atoms with van der Waals surface area (Å²) < 4.78 is 10.1. The summed E-state index contributed by atoms with van der Waals surface area (Å²) in [5, 5.41) is 3.40. The summed E-state index contributed by atoms with van der Waals surface area (Å²) in [5.74, 6) is -0.392. The molecular weight excluding hydrogens is 328 g/mol. The van der Waals surface area contributed by atoms with Crippen LogP contribution in [0.4, 0.5) is 5.13 Å². The molecule has 0 spiro atoms. The number of carbonyl (C=O) groups excluding carboxylic acids is 2. The second kappa shape index (κ2) is 7.24. The first-order chi connectivity index (χ1) is 10.5. The van der Waals surface area contributed by atoms with E-state index in [0.717, 1.165) is 11.3 Å². The predicted molar refractivity (Wildman–Crippen MR) is 83.6 cm³/mol. The van der Waals surface area contributed by atoms with Gasteiger partial charge in [-0.2, -0.15) is 0 Å². The summed E-state index contributed by atoms with van der Waals surface area (Å²) in [7, 11) is 1.28. The Morgan fingerprint density at radius 3 is 2.86 bits per heavy atom. The van der Waals surface area contributed by atoms with Gasteiger partial charge in [0, 0.05) is 5.02 Å². The first-order valence-electron chi connectivity index (χ1n) is 6.27. The fourth-order valence-corrected chi connectivity index (χ4v) is 2.45. The first-order valence-corrected chi connectivity index (χ1v) is 7.46. The number of nitrogens with one attached hydrogen (secondary N) is 1. The Bertz CT molecular complexity index is 689. The van der Waals surface area contributed by atoms with Crippen LogP contribution in [0.5, 0.6) is 5.75 Å². The van der Waals surface area contributed by atoms with Crippen LogP contribution in [0.25, 0.3) is 0 Å². The van der Waals surface area contributed by atoms with Crippen molar-refractivity contribution >= 4 is 39.9 Å². The van der Waals surface area contributed by atoms with Gasteiger partial charge in [-0.05, 0) is 25.1 Å². The van der Waals surface area contributed by atoms with E-state index in [1.54, 1.807) is 31.2 Å². The van der Waals surface area contributed by atoms with Crippen molar-refractivity contribution in [1.82, 2.24) is 4.98 Å². The van der Waals surface area contributed by atoms with Gasteiger partial charge in [0.15, 0.2) is 11.2 Å². The topological polar surface area (TPSA) is 77.5 Å². The van der Waals surface area contributed by atoms with Crippen LogP contribution >= 0.6 is 22.9 Å². The molecule has 0 fully saturated rings. The maximum Gasteiger partial charge on any atom is 0.349 e. The zero-order valence-corrected chi connectivity index (χ0v) is 13.4. The zero-order valence-electron chi connectivity index (χ0n) is 11.8. The highest BCUT2D eigenvalue weighted by Gasteiger charge is 2.18. The summed E-state index contributed by atoms with van der Waals surface area (Å²) in [6.07, 6.45) is 0.596. The molecule has 1 atom stereocenters. The molecule has 2 aromatic rings. The molecule has 0 unspecified atom stereocenters. The van der Waals surface area contributed by atoms with E-state index in [0.29, 0.717) is 20.8 Å². The Morgan fingerprint density at radius 1 is 1.41 bits per heavy atom. The average molecular weight is 341 g/mol. The number of hydrogen-bond donors (Lipinski definition) is 1. The van der Waals surface area contributed by atoms with Crippen LogP contribution in [0.2, 0.25) is 5.02 Å². The molecule has 1 aromatic heterocycles. The molecule has 2 rings (SSSR count).